The van der Waals surface area contributed by atoms with Gasteiger partial charge in [0.2, 0.25) is 0 Å². The number of hydrogen-bond acceptors (Lipinski definition) is 5. The summed E-state index contributed by atoms with van der Waals surface area (Å²) >= 11 is 7.38. The number of oxime groups is 1. The Balaban J connectivity index is 2.24. The van der Waals surface area contributed by atoms with Crippen molar-refractivity contribution in [3.8, 4) is 0 Å². The summed E-state index contributed by atoms with van der Waals surface area (Å²) in [4.78, 5) is 5.03. The number of nitrogens with two attached hydrogens (primary N) is 1. The van der Waals surface area contributed by atoms with Gasteiger partial charge in [0.05, 0.1) is 10.7 Å². The molecule has 0 fully saturated rings. The van der Waals surface area contributed by atoms with Gasteiger partial charge in [0.1, 0.15) is 6.26 Å². The monoisotopic (exact) mass is 283 g/mol. The molecule has 7 heteroatoms. The SMILES string of the molecule is Cc1coc(Sc2ccc(/C(N)=N/O)c(Cl)c2)n1. The molecule has 0 unspecified atom stereocenters. The van der Waals surface area contributed by atoms with Gasteiger partial charge in [-0.3, -0.25) is 0 Å². The largest absolute Gasteiger partial charge is 0.439 e. The van der Waals surface area contributed by atoms with E-state index < -0.39 is 0 Å². The third-order valence-electron chi connectivity index (χ3n) is 2.13. The smallest absolute Gasteiger partial charge is 0.260 e. The maximum atomic E-state index is 8.59. The van der Waals surface area contributed by atoms with E-state index in [1.165, 1.54) is 11.8 Å². The van der Waals surface area contributed by atoms with Crippen LogP contribution in [0, 0.1) is 6.92 Å². The van der Waals surface area contributed by atoms with E-state index in [4.69, 9.17) is 27.0 Å². The van der Waals surface area contributed by atoms with Crippen LogP contribution in [0.4, 0.5) is 0 Å². The first kappa shape index (κ1) is 12.8. The molecule has 18 heavy (non-hydrogen) atoms. The lowest BCUT2D eigenvalue weighted by Crippen LogP contribution is -2.13. The molecule has 2 rings (SSSR count). The Kier molecular flexibility index (Phi) is 3.78. The second-order valence-corrected chi connectivity index (χ2v) is 4.92. The molecular weight excluding hydrogens is 274 g/mol. The zero-order valence-electron chi connectivity index (χ0n) is 9.42. The van der Waals surface area contributed by atoms with Gasteiger partial charge >= 0.3 is 0 Å². The highest BCUT2D eigenvalue weighted by atomic mass is 35.5. The quantitative estimate of drug-likeness (QED) is 0.391. The number of halogens is 1. The van der Waals surface area contributed by atoms with Crippen LogP contribution in [0.3, 0.4) is 0 Å². The first-order chi connectivity index (χ1) is 8.60. The molecule has 0 aliphatic carbocycles. The Morgan fingerprint density at radius 2 is 2.33 bits per heavy atom. The van der Waals surface area contributed by atoms with Crippen molar-refractivity contribution in [2.75, 3.05) is 0 Å². The molecule has 0 saturated carbocycles. The summed E-state index contributed by atoms with van der Waals surface area (Å²) in [5, 5.41) is 12.4. The first-order valence-electron chi connectivity index (χ1n) is 4.97. The molecule has 1 aromatic carbocycles. The second-order valence-electron chi connectivity index (χ2n) is 3.48. The molecule has 0 atom stereocenters. The second kappa shape index (κ2) is 5.32. The minimum absolute atomic E-state index is 0.0245. The molecule has 1 heterocycles. The van der Waals surface area contributed by atoms with Crippen LogP contribution in [0.1, 0.15) is 11.3 Å². The maximum absolute atomic E-state index is 8.59. The number of benzene rings is 1. The van der Waals surface area contributed by atoms with Crippen LogP contribution in [-0.2, 0) is 0 Å². The summed E-state index contributed by atoms with van der Waals surface area (Å²) in [6.45, 7) is 1.85. The fourth-order valence-electron chi connectivity index (χ4n) is 1.30. The molecule has 0 amide bonds. The molecule has 0 aliphatic rings. The number of aromatic nitrogens is 1. The van der Waals surface area contributed by atoms with E-state index in [0.717, 1.165) is 10.6 Å². The van der Waals surface area contributed by atoms with Gasteiger partial charge < -0.3 is 15.4 Å². The fourth-order valence-corrected chi connectivity index (χ4v) is 2.44. The van der Waals surface area contributed by atoms with Crippen LogP contribution in [0.2, 0.25) is 5.02 Å². The molecule has 0 aliphatic heterocycles. The Morgan fingerprint density at radius 3 is 2.89 bits per heavy atom. The molecule has 2 aromatic rings. The van der Waals surface area contributed by atoms with Crippen LogP contribution >= 0.6 is 23.4 Å². The molecule has 0 saturated heterocycles. The van der Waals surface area contributed by atoms with Crippen LogP contribution in [0.25, 0.3) is 0 Å². The van der Waals surface area contributed by atoms with Crippen molar-refractivity contribution in [1.82, 2.24) is 4.98 Å². The van der Waals surface area contributed by atoms with Gasteiger partial charge in [0.15, 0.2) is 5.84 Å². The molecule has 94 valence electrons. The molecule has 3 N–H and O–H groups in total. The van der Waals surface area contributed by atoms with Crippen molar-refractivity contribution in [2.24, 2.45) is 10.9 Å². The van der Waals surface area contributed by atoms with E-state index in [1.54, 1.807) is 24.5 Å². The molecule has 0 radical (unpaired) electrons. The Hall–Kier alpha value is -1.66. The van der Waals surface area contributed by atoms with E-state index in [1.807, 2.05) is 6.92 Å². The van der Waals surface area contributed by atoms with Crippen molar-refractivity contribution < 1.29 is 9.62 Å². The Bertz CT molecular complexity index is 598. The van der Waals surface area contributed by atoms with Crippen LogP contribution in [-0.4, -0.2) is 16.0 Å². The fraction of sp³-hybridized carbons (Fsp3) is 0.0909. The molecule has 0 bridgehead atoms. The third-order valence-corrected chi connectivity index (χ3v) is 3.29. The summed E-state index contributed by atoms with van der Waals surface area (Å²) in [6.07, 6.45) is 1.58. The predicted octanol–water partition coefficient (Wildman–Crippen LogP) is 2.88. The average molecular weight is 284 g/mol. The lowest BCUT2D eigenvalue weighted by atomic mass is 10.2. The van der Waals surface area contributed by atoms with E-state index >= 15 is 0 Å². The van der Waals surface area contributed by atoms with E-state index in [9.17, 15) is 0 Å². The first-order valence-corrected chi connectivity index (χ1v) is 6.17. The van der Waals surface area contributed by atoms with Crippen molar-refractivity contribution in [3.05, 3.63) is 40.7 Å². The highest BCUT2D eigenvalue weighted by molar-refractivity contribution is 7.99. The Labute approximate surface area is 113 Å². The zero-order chi connectivity index (χ0) is 13.1. The third kappa shape index (κ3) is 2.77. The van der Waals surface area contributed by atoms with Gasteiger partial charge in [-0.25, -0.2) is 4.98 Å². The van der Waals surface area contributed by atoms with E-state index in [-0.39, 0.29) is 5.84 Å². The summed E-state index contributed by atoms with van der Waals surface area (Å²) in [6, 6.07) is 5.18. The van der Waals surface area contributed by atoms with Gasteiger partial charge in [-0.1, -0.05) is 16.8 Å². The number of hydrogen-bond donors (Lipinski definition) is 2. The van der Waals surface area contributed by atoms with Crippen molar-refractivity contribution in [1.29, 1.82) is 0 Å². The van der Waals surface area contributed by atoms with Crippen LogP contribution in [0.15, 0.2) is 44.2 Å². The summed E-state index contributed by atoms with van der Waals surface area (Å²) < 4.78 is 5.23. The number of aryl methyl sites for hydroxylation is 1. The van der Waals surface area contributed by atoms with Crippen molar-refractivity contribution in [3.63, 3.8) is 0 Å². The molecule has 0 spiro atoms. The summed E-state index contributed by atoms with van der Waals surface area (Å²) in [5.74, 6) is -0.0245. The van der Waals surface area contributed by atoms with Gasteiger partial charge in [-0.2, -0.15) is 0 Å². The lowest BCUT2D eigenvalue weighted by Gasteiger charge is -2.04. The summed E-state index contributed by atoms with van der Waals surface area (Å²) in [7, 11) is 0. The Morgan fingerprint density at radius 1 is 1.56 bits per heavy atom. The minimum atomic E-state index is -0.0245. The maximum Gasteiger partial charge on any atom is 0.260 e. The minimum Gasteiger partial charge on any atom is -0.439 e. The van der Waals surface area contributed by atoms with Crippen LogP contribution in [0.5, 0.6) is 0 Å². The normalized spacial score (nSPS) is 11.8. The lowest BCUT2D eigenvalue weighted by molar-refractivity contribution is 0.318. The molecule has 1 aromatic heterocycles. The van der Waals surface area contributed by atoms with Gasteiger partial charge in [-0.15, -0.1) is 0 Å². The predicted molar refractivity (Wildman–Crippen MR) is 69.3 cm³/mol. The number of amidine groups is 1. The van der Waals surface area contributed by atoms with Crippen molar-refractivity contribution in [2.45, 2.75) is 17.0 Å². The van der Waals surface area contributed by atoms with Crippen LogP contribution < -0.4 is 5.73 Å². The van der Waals surface area contributed by atoms with E-state index in [0.29, 0.717) is 15.8 Å². The zero-order valence-corrected chi connectivity index (χ0v) is 11.0. The van der Waals surface area contributed by atoms with Crippen molar-refractivity contribution >= 4 is 29.2 Å². The van der Waals surface area contributed by atoms with Gasteiger partial charge in [0.25, 0.3) is 5.22 Å². The van der Waals surface area contributed by atoms with Gasteiger partial charge in [-0.05, 0) is 36.9 Å². The number of nitrogens with zero attached hydrogens (tertiary/aromatic N) is 2. The highest BCUT2D eigenvalue weighted by Gasteiger charge is 2.09. The average Bonchev–Trinajstić information content (AvgIpc) is 2.74. The number of rotatable bonds is 3. The topological polar surface area (TPSA) is 84.6 Å². The van der Waals surface area contributed by atoms with E-state index in [2.05, 4.69) is 10.1 Å². The highest BCUT2D eigenvalue weighted by Crippen LogP contribution is 2.30. The van der Waals surface area contributed by atoms with Gasteiger partial charge in [0, 0.05) is 10.5 Å². The number of oxazole rings is 1. The molecule has 5 nitrogen and oxygen atoms in total. The summed E-state index contributed by atoms with van der Waals surface area (Å²) in [5.41, 5.74) is 6.77. The molecular formula is C11H10ClN3O2S. The standard InChI is InChI=1S/C11H10ClN3O2S/c1-6-5-17-11(14-6)18-7-2-3-8(9(12)4-7)10(13)15-16/h2-5,16H,1H3,(H2,13,15).